The van der Waals surface area contributed by atoms with Crippen molar-refractivity contribution in [2.75, 3.05) is 0 Å². The van der Waals surface area contributed by atoms with Gasteiger partial charge in [-0.2, -0.15) is 0 Å². The smallest absolute Gasteiger partial charge is 0.264 e. The monoisotopic (exact) mass is 532 g/mol. The topological polar surface area (TPSA) is 50.7 Å². The molecule has 1 saturated heterocycles. The summed E-state index contributed by atoms with van der Waals surface area (Å²) in [5.41, 5.74) is 5.12. The van der Waals surface area contributed by atoms with E-state index in [-0.39, 0.29) is 5.91 Å². The average Bonchev–Trinajstić information content (AvgIpc) is 3.18. The van der Waals surface area contributed by atoms with E-state index in [9.17, 15) is 4.79 Å². The van der Waals surface area contributed by atoms with Gasteiger partial charge in [-0.25, -0.2) is 4.99 Å². The molecule has 1 N–H and O–H groups in total. The number of hydrogen-bond acceptors (Lipinski definition) is 4. The molecule has 3 aromatic carbocycles. The van der Waals surface area contributed by atoms with Crippen LogP contribution in [0.15, 0.2) is 93.8 Å². The van der Waals surface area contributed by atoms with E-state index in [1.165, 1.54) is 17.3 Å². The lowest BCUT2D eigenvalue weighted by Gasteiger charge is -2.12. The van der Waals surface area contributed by atoms with Crippen molar-refractivity contribution >= 4 is 50.5 Å². The number of ether oxygens (including phenoxy) is 1. The number of aryl methyl sites for hydroxylation is 1. The van der Waals surface area contributed by atoms with Crippen LogP contribution in [0.25, 0.3) is 6.08 Å². The fourth-order valence-electron chi connectivity index (χ4n) is 3.44. The minimum atomic E-state index is -0.144. The molecule has 6 heteroatoms. The number of nitrogens with one attached hydrogen (secondary N) is 1. The van der Waals surface area contributed by atoms with Crippen molar-refractivity contribution in [3.8, 4) is 5.75 Å². The van der Waals surface area contributed by atoms with Gasteiger partial charge in [0.25, 0.3) is 5.91 Å². The number of carbonyl (C=O) groups is 1. The highest BCUT2D eigenvalue weighted by molar-refractivity contribution is 9.10. The number of halogens is 1. The maximum atomic E-state index is 12.5. The highest BCUT2D eigenvalue weighted by Gasteiger charge is 2.24. The molecule has 0 spiro atoms. The maximum Gasteiger partial charge on any atom is 0.264 e. The lowest BCUT2D eigenvalue weighted by atomic mass is 10.1. The van der Waals surface area contributed by atoms with Crippen LogP contribution in [-0.4, -0.2) is 11.1 Å². The van der Waals surface area contributed by atoms with Gasteiger partial charge in [-0.1, -0.05) is 59.3 Å². The normalized spacial score (nSPS) is 15.5. The van der Waals surface area contributed by atoms with Crippen molar-refractivity contribution in [2.24, 2.45) is 4.99 Å². The Kier molecular flexibility index (Phi) is 8.03. The second-order valence-corrected chi connectivity index (χ2v) is 9.72. The van der Waals surface area contributed by atoms with Gasteiger partial charge in [0.15, 0.2) is 5.17 Å². The summed E-state index contributed by atoms with van der Waals surface area (Å²) in [6, 6.07) is 22.1. The lowest BCUT2D eigenvalue weighted by molar-refractivity contribution is -0.115. The van der Waals surface area contributed by atoms with Gasteiger partial charge < -0.3 is 10.1 Å². The summed E-state index contributed by atoms with van der Waals surface area (Å²) in [4.78, 5) is 17.7. The molecule has 34 heavy (non-hydrogen) atoms. The molecule has 1 heterocycles. The number of carbonyl (C=O) groups excluding carboxylic acids is 1. The molecular weight excluding hydrogens is 508 g/mol. The Morgan fingerprint density at radius 3 is 2.50 bits per heavy atom. The van der Waals surface area contributed by atoms with Gasteiger partial charge in [-0.05, 0) is 89.3 Å². The zero-order valence-electron chi connectivity index (χ0n) is 18.9. The molecule has 1 aliphatic rings. The minimum absolute atomic E-state index is 0.144. The van der Waals surface area contributed by atoms with Crippen LogP contribution in [0.3, 0.4) is 0 Å². The van der Waals surface area contributed by atoms with Gasteiger partial charge in [0, 0.05) is 4.47 Å². The molecule has 0 aromatic heterocycles. The number of nitrogens with zero attached hydrogens (tertiary/aromatic N) is 1. The van der Waals surface area contributed by atoms with Gasteiger partial charge in [0.1, 0.15) is 12.4 Å². The van der Waals surface area contributed by atoms with Crippen molar-refractivity contribution in [1.82, 2.24) is 5.32 Å². The molecule has 0 atom stereocenters. The van der Waals surface area contributed by atoms with Crippen molar-refractivity contribution in [2.45, 2.75) is 26.4 Å². The van der Waals surface area contributed by atoms with E-state index >= 15 is 0 Å². The van der Waals surface area contributed by atoms with Crippen molar-refractivity contribution in [3.63, 3.8) is 0 Å². The molecule has 1 amide bonds. The predicted octanol–water partition coefficient (Wildman–Crippen LogP) is 7.21. The third-order valence-corrected chi connectivity index (χ3v) is 6.72. The zero-order chi connectivity index (χ0) is 23.9. The van der Waals surface area contributed by atoms with E-state index in [1.54, 1.807) is 0 Å². The molecule has 4 nitrogen and oxygen atoms in total. The first-order valence-corrected chi connectivity index (χ1v) is 12.6. The number of amidine groups is 1. The lowest BCUT2D eigenvalue weighted by Crippen LogP contribution is -2.19. The van der Waals surface area contributed by atoms with Crippen LogP contribution < -0.4 is 10.1 Å². The Balaban J connectivity index is 1.49. The van der Waals surface area contributed by atoms with Gasteiger partial charge in [-0.3, -0.25) is 4.79 Å². The summed E-state index contributed by atoms with van der Waals surface area (Å²) in [7, 11) is 0. The van der Waals surface area contributed by atoms with Gasteiger partial charge in [0.2, 0.25) is 0 Å². The van der Waals surface area contributed by atoms with Gasteiger partial charge in [0.05, 0.1) is 10.6 Å². The number of allylic oxidation sites excluding steroid dienone is 1. The number of thioether (sulfide) groups is 1. The summed E-state index contributed by atoms with van der Waals surface area (Å²) in [6.45, 7) is 6.47. The number of aliphatic imine (C=N–C) groups is 1. The van der Waals surface area contributed by atoms with E-state index in [0.29, 0.717) is 23.1 Å². The summed E-state index contributed by atoms with van der Waals surface area (Å²) in [6.07, 6.45) is 5.39. The summed E-state index contributed by atoms with van der Waals surface area (Å²) < 4.78 is 7.11. The second kappa shape index (κ2) is 11.4. The van der Waals surface area contributed by atoms with E-state index in [4.69, 9.17) is 4.74 Å². The first kappa shape index (κ1) is 24.0. The van der Waals surface area contributed by atoms with Crippen LogP contribution in [0.2, 0.25) is 0 Å². The van der Waals surface area contributed by atoms with Crippen molar-refractivity contribution in [3.05, 3.63) is 111 Å². The van der Waals surface area contributed by atoms with Crippen LogP contribution in [0.1, 0.15) is 29.2 Å². The zero-order valence-corrected chi connectivity index (χ0v) is 21.3. The minimum Gasteiger partial charge on any atom is -0.489 e. The molecule has 0 aliphatic carbocycles. The number of rotatable bonds is 8. The summed E-state index contributed by atoms with van der Waals surface area (Å²) in [5, 5.41) is 3.44. The van der Waals surface area contributed by atoms with Crippen LogP contribution >= 0.6 is 27.7 Å². The molecule has 0 saturated carbocycles. The summed E-state index contributed by atoms with van der Waals surface area (Å²) in [5.74, 6) is 0.668. The molecule has 0 bridgehead atoms. The fourth-order valence-corrected chi connectivity index (χ4v) is 4.55. The predicted molar refractivity (Wildman–Crippen MR) is 145 cm³/mol. The average molecular weight is 533 g/mol. The van der Waals surface area contributed by atoms with Crippen LogP contribution in [-0.2, 0) is 24.2 Å². The third kappa shape index (κ3) is 6.27. The Hall–Kier alpha value is -3.09. The Labute approximate surface area is 213 Å². The van der Waals surface area contributed by atoms with E-state index in [0.717, 1.165) is 39.0 Å². The number of hydrogen-bond donors (Lipinski definition) is 1. The quantitative estimate of drug-likeness (QED) is 0.246. The Morgan fingerprint density at radius 2 is 1.79 bits per heavy atom. The van der Waals surface area contributed by atoms with Crippen LogP contribution in [0.5, 0.6) is 5.75 Å². The molecule has 0 unspecified atom stereocenters. The van der Waals surface area contributed by atoms with Gasteiger partial charge in [-0.15, -0.1) is 6.58 Å². The number of amides is 1. The molecule has 1 fully saturated rings. The molecule has 4 rings (SSSR count). The molecule has 1 aliphatic heterocycles. The third-order valence-electron chi connectivity index (χ3n) is 5.28. The van der Waals surface area contributed by atoms with Gasteiger partial charge >= 0.3 is 0 Å². The first-order chi connectivity index (χ1) is 16.5. The van der Waals surface area contributed by atoms with Crippen LogP contribution in [0, 0.1) is 0 Å². The van der Waals surface area contributed by atoms with Crippen molar-refractivity contribution < 1.29 is 9.53 Å². The standard InChI is InChI=1S/C28H25BrN2O2S/c1-3-5-22-16-21(10-15-25(22)33-18-20-6-11-23(29)12-7-20)17-26-27(32)31-28(34-26)30-24-13-8-19(4-2)9-14-24/h3,6-17H,1,4-5,18H2,2H3,(H,30,31,32)/b26-17-. The summed E-state index contributed by atoms with van der Waals surface area (Å²) >= 11 is 4.80. The maximum absolute atomic E-state index is 12.5. The molecule has 172 valence electrons. The molecule has 0 radical (unpaired) electrons. The van der Waals surface area contributed by atoms with E-state index in [2.05, 4.69) is 51.9 Å². The van der Waals surface area contributed by atoms with E-state index < -0.39 is 0 Å². The Morgan fingerprint density at radius 1 is 1.06 bits per heavy atom. The SMILES string of the molecule is C=CCc1cc(/C=C2\SC(=Nc3ccc(CC)cc3)NC2=O)ccc1OCc1ccc(Br)cc1. The molecular formula is C28H25BrN2O2S. The molecule has 3 aromatic rings. The second-order valence-electron chi connectivity index (χ2n) is 7.78. The Bertz CT molecular complexity index is 1250. The van der Waals surface area contributed by atoms with E-state index in [1.807, 2.05) is 66.7 Å². The highest BCUT2D eigenvalue weighted by atomic mass is 79.9. The fraction of sp³-hybridized carbons (Fsp3) is 0.143. The van der Waals surface area contributed by atoms with Crippen molar-refractivity contribution in [1.29, 1.82) is 0 Å². The highest BCUT2D eigenvalue weighted by Crippen LogP contribution is 2.30. The van der Waals surface area contributed by atoms with Crippen LogP contribution in [0.4, 0.5) is 5.69 Å². The largest absolute Gasteiger partial charge is 0.489 e. The first-order valence-electron chi connectivity index (χ1n) is 11.0. The number of benzene rings is 3.